The van der Waals surface area contributed by atoms with E-state index in [1.54, 1.807) is 23.9 Å². The highest BCUT2D eigenvalue weighted by Crippen LogP contribution is 2.23. The Kier molecular flexibility index (Phi) is 4.49. The monoisotopic (exact) mass is 246 g/mol. The van der Waals surface area contributed by atoms with Crippen LogP contribution in [0.5, 0.6) is 0 Å². The van der Waals surface area contributed by atoms with Crippen LogP contribution in [0.1, 0.15) is 44.2 Å². The van der Waals surface area contributed by atoms with Crippen molar-refractivity contribution in [3.05, 3.63) is 18.2 Å². The summed E-state index contributed by atoms with van der Waals surface area (Å²) in [4.78, 5) is 4.03. The lowest BCUT2D eigenvalue weighted by molar-refractivity contribution is 0.458. The van der Waals surface area contributed by atoms with E-state index in [0.717, 1.165) is 19.4 Å². The Labute approximate surface area is 96.3 Å². The van der Waals surface area contributed by atoms with Crippen molar-refractivity contribution < 1.29 is 13.0 Å². The van der Waals surface area contributed by atoms with Crippen LogP contribution in [0.4, 0.5) is 0 Å². The first-order valence-electron chi connectivity index (χ1n) is 5.48. The van der Waals surface area contributed by atoms with Crippen LogP contribution in [0.15, 0.2) is 12.4 Å². The molecule has 0 amide bonds. The van der Waals surface area contributed by atoms with Crippen LogP contribution in [-0.4, -0.2) is 22.5 Å². The molecule has 0 radical (unpaired) electrons. The van der Waals surface area contributed by atoms with E-state index in [4.69, 9.17) is 4.55 Å². The molecule has 0 spiro atoms. The van der Waals surface area contributed by atoms with Gasteiger partial charge in [0.1, 0.15) is 11.1 Å². The number of rotatable bonds is 6. The molecule has 0 fully saturated rings. The van der Waals surface area contributed by atoms with E-state index in [0.29, 0.717) is 12.2 Å². The van der Waals surface area contributed by atoms with E-state index in [-0.39, 0.29) is 0 Å². The molecule has 0 bridgehead atoms. The lowest BCUT2D eigenvalue weighted by Gasteiger charge is -2.13. The second kappa shape index (κ2) is 5.45. The van der Waals surface area contributed by atoms with Gasteiger partial charge in [-0.05, 0) is 12.8 Å². The van der Waals surface area contributed by atoms with Gasteiger partial charge in [0.25, 0.3) is 10.1 Å². The molecule has 0 aliphatic rings. The van der Waals surface area contributed by atoms with Crippen LogP contribution in [-0.2, 0) is 16.7 Å². The predicted molar refractivity (Wildman–Crippen MR) is 61.7 cm³/mol. The van der Waals surface area contributed by atoms with Crippen molar-refractivity contribution in [1.29, 1.82) is 0 Å². The van der Waals surface area contributed by atoms with Gasteiger partial charge in [0.05, 0.1) is 0 Å². The smallest absolute Gasteiger partial charge is 0.275 e. The zero-order chi connectivity index (χ0) is 12.2. The van der Waals surface area contributed by atoms with Gasteiger partial charge in [-0.1, -0.05) is 20.3 Å². The summed E-state index contributed by atoms with van der Waals surface area (Å²) < 4.78 is 33.3. The molecule has 92 valence electrons. The number of imidazole rings is 1. The number of aromatic nitrogens is 2. The van der Waals surface area contributed by atoms with Crippen molar-refractivity contribution in [1.82, 2.24) is 9.55 Å². The fourth-order valence-corrected chi connectivity index (χ4v) is 2.54. The minimum absolute atomic E-state index is 0.321. The fourth-order valence-electron chi connectivity index (χ4n) is 1.65. The maximum Gasteiger partial charge on any atom is 0.275 e. The average Bonchev–Trinajstić information content (AvgIpc) is 2.62. The molecule has 1 rings (SSSR count). The van der Waals surface area contributed by atoms with Crippen LogP contribution >= 0.6 is 0 Å². The second-order valence-electron chi connectivity index (χ2n) is 3.74. The molecule has 0 saturated heterocycles. The molecule has 5 nitrogen and oxygen atoms in total. The summed E-state index contributed by atoms with van der Waals surface area (Å²) in [6.45, 7) is 4.52. The maximum absolute atomic E-state index is 11.2. The zero-order valence-electron chi connectivity index (χ0n) is 9.63. The Morgan fingerprint density at radius 3 is 2.69 bits per heavy atom. The van der Waals surface area contributed by atoms with Crippen molar-refractivity contribution >= 4 is 10.1 Å². The summed E-state index contributed by atoms with van der Waals surface area (Å²) in [6, 6.07) is 0. The molecule has 0 saturated carbocycles. The van der Waals surface area contributed by atoms with Gasteiger partial charge >= 0.3 is 0 Å². The molecule has 0 aromatic carbocycles. The standard InChI is InChI=1S/C10H18N2O3S/c1-3-5-7-12-8-6-11-10(12)9(4-2)16(13,14)15/h6,8-9H,3-5,7H2,1-2H3,(H,13,14,15). The molecule has 1 N–H and O–H groups in total. The Morgan fingerprint density at radius 2 is 2.19 bits per heavy atom. The lowest BCUT2D eigenvalue weighted by atomic mass is 10.3. The Bertz CT molecular complexity index is 425. The van der Waals surface area contributed by atoms with Gasteiger partial charge in [0.2, 0.25) is 0 Å². The van der Waals surface area contributed by atoms with Gasteiger partial charge in [-0.25, -0.2) is 4.98 Å². The molecule has 6 heteroatoms. The predicted octanol–water partition coefficient (Wildman–Crippen LogP) is 2.02. The molecule has 1 heterocycles. The molecule has 0 aliphatic carbocycles. The topological polar surface area (TPSA) is 72.2 Å². The largest absolute Gasteiger partial charge is 0.334 e. The number of hydrogen-bond donors (Lipinski definition) is 1. The van der Waals surface area contributed by atoms with Gasteiger partial charge in [-0.3, -0.25) is 4.55 Å². The van der Waals surface area contributed by atoms with Gasteiger partial charge in [0.15, 0.2) is 0 Å². The number of aryl methyl sites for hydroxylation is 1. The summed E-state index contributed by atoms with van der Waals surface area (Å²) in [7, 11) is -4.07. The highest BCUT2D eigenvalue weighted by Gasteiger charge is 2.27. The lowest BCUT2D eigenvalue weighted by Crippen LogP contribution is -2.16. The van der Waals surface area contributed by atoms with Crippen molar-refractivity contribution in [3.8, 4) is 0 Å². The minimum atomic E-state index is -4.07. The van der Waals surface area contributed by atoms with Gasteiger partial charge in [-0.15, -0.1) is 0 Å². The van der Waals surface area contributed by atoms with Crippen molar-refractivity contribution in [2.75, 3.05) is 0 Å². The van der Waals surface area contributed by atoms with E-state index < -0.39 is 15.4 Å². The summed E-state index contributed by atoms with van der Waals surface area (Å²) in [5.41, 5.74) is 0. The molecule has 1 aromatic heterocycles. The first-order chi connectivity index (χ1) is 7.50. The molecule has 16 heavy (non-hydrogen) atoms. The normalized spacial score (nSPS) is 13.9. The van der Waals surface area contributed by atoms with E-state index >= 15 is 0 Å². The molecular formula is C10H18N2O3S. The number of hydrogen-bond acceptors (Lipinski definition) is 3. The first kappa shape index (κ1) is 13.2. The van der Waals surface area contributed by atoms with Crippen LogP contribution in [0.3, 0.4) is 0 Å². The van der Waals surface area contributed by atoms with Crippen LogP contribution in [0, 0.1) is 0 Å². The Hall–Kier alpha value is -0.880. The van der Waals surface area contributed by atoms with Crippen molar-refractivity contribution in [3.63, 3.8) is 0 Å². The third-order valence-electron chi connectivity index (χ3n) is 2.52. The minimum Gasteiger partial charge on any atom is -0.334 e. The van der Waals surface area contributed by atoms with Crippen LogP contribution < -0.4 is 0 Å². The van der Waals surface area contributed by atoms with Gasteiger partial charge < -0.3 is 4.57 Å². The van der Waals surface area contributed by atoms with E-state index in [9.17, 15) is 8.42 Å². The summed E-state index contributed by atoms with van der Waals surface area (Å²) in [5.74, 6) is 0.429. The fraction of sp³-hybridized carbons (Fsp3) is 0.700. The second-order valence-corrected chi connectivity index (χ2v) is 5.34. The maximum atomic E-state index is 11.2. The van der Waals surface area contributed by atoms with E-state index in [1.807, 2.05) is 0 Å². The van der Waals surface area contributed by atoms with Gasteiger partial charge in [0, 0.05) is 18.9 Å². The van der Waals surface area contributed by atoms with Crippen LogP contribution in [0.2, 0.25) is 0 Å². The summed E-state index contributed by atoms with van der Waals surface area (Å²) in [5, 5.41) is -0.917. The molecule has 1 unspecified atom stereocenters. The molecular weight excluding hydrogens is 228 g/mol. The molecule has 1 aromatic rings. The molecule has 1 atom stereocenters. The Balaban J connectivity index is 2.97. The molecule has 0 aliphatic heterocycles. The van der Waals surface area contributed by atoms with E-state index in [2.05, 4.69) is 11.9 Å². The van der Waals surface area contributed by atoms with Gasteiger partial charge in [-0.2, -0.15) is 8.42 Å². The number of unbranched alkanes of at least 4 members (excludes halogenated alkanes) is 1. The summed E-state index contributed by atoms with van der Waals surface area (Å²) in [6.07, 6.45) is 5.63. The quantitative estimate of drug-likeness (QED) is 0.779. The SMILES string of the molecule is CCCCn1ccnc1C(CC)S(=O)(=O)O. The highest BCUT2D eigenvalue weighted by atomic mass is 32.2. The van der Waals surface area contributed by atoms with Crippen LogP contribution in [0.25, 0.3) is 0 Å². The third kappa shape index (κ3) is 3.05. The van der Waals surface area contributed by atoms with Crippen molar-refractivity contribution in [2.24, 2.45) is 0 Å². The average molecular weight is 246 g/mol. The van der Waals surface area contributed by atoms with Crippen molar-refractivity contribution in [2.45, 2.75) is 44.9 Å². The highest BCUT2D eigenvalue weighted by molar-refractivity contribution is 7.86. The number of nitrogens with zero attached hydrogens (tertiary/aromatic N) is 2. The van der Waals surface area contributed by atoms with E-state index in [1.165, 1.54) is 0 Å². The zero-order valence-corrected chi connectivity index (χ0v) is 10.4. The first-order valence-corrected chi connectivity index (χ1v) is 6.98. The third-order valence-corrected chi connectivity index (χ3v) is 3.78. The summed E-state index contributed by atoms with van der Waals surface area (Å²) >= 11 is 0. The Morgan fingerprint density at radius 1 is 1.50 bits per heavy atom.